The zero-order valence-corrected chi connectivity index (χ0v) is 17.7. The summed E-state index contributed by atoms with van der Waals surface area (Å²) in [7, 11) is 0. The molecule has 0 saturated carbocycles. The number of halogens is 1. The highest BCUT2D eigenvalue weighted by atomic mass is 35.5. The molecule has 4 heterocycles. The number of hydrogen-bond acceptors (Lipinski definition) is 7. The van der Waals surface area contributed by atoms with Gasteiger partial charge in [0.05, 0.1) is 23.7 Å². The third kappa shape index (κ3) is 5.55. The van der Waals surface area contributed by atoms with Gasteiger partial charge in [0.2, 0.25) is 0 Å². The minimum atomic E-state index is -0.421. The molecule has 0 radical (unpaired) electrons. The molecule has 2 aliphatic rings. The third-order valence-corrected chi connectivity index (χ3v) is 5.79. The number of carbonyl (C=O) groups is 1. The minimum absolute atomic E-state index is 0.0165. The molecule has 1 atom stereocenters. The molecule has 0 aromatic carbocycles. The molecule has 0 amide bonds. The number of hydrogen-bond donors (Lipinski definition) is 2. The molecule has 30 heavy (non-hydrogen) atoms. The van der Waals surface area contributed by atoms with Crippen LogP contribution in [0.15, 0.2) is 30.5 Å². The molecule has 2 aromatic rings. The van der Waals surface area contributed by atoms with E-state index in [0.717, 1.165) is 56.2 Å². The molecule has 160 valence electrons. The molecule has 2 N–H and O–H groups in total. The zero-order valence-electron chi connectivity index (χ0n) is 16.9. The Morgan fingerprint density at radius 2 is 2.13 bits per heavy atom. The molecular formula is C22H27ClN4O3. The molecular weight excluding hydrogens is 404 g/mol. The van der Waals surface area contributed by atoms with Gasteiger partial charge in [0, 0.05) is 50.3 Å². The first-order chi connectivity index (χ1) is 14.7. The number of nitrogens with zero attached hydrogens (tertiary/aromatic N) is 2. The second kappa shape index (κ2) is 10.3. The largest absolute Gasteiger partial charge is 0.381 e. The molecule has 2 fully saturated rings. The van der Waals surface area contributed by atoms with Crippen LogP contribution in [0.4, 0.5) is 5.82 Å². The Hall–Kier alpha value is -2.06. The Morgan fingerprint density at radius 1 is 1.27 bits per heavy atom. The van der Waals surface area contributed by atoms with Crippen molar-refractivity contribution in [3.63, 3.8) is 0 Å². The number of anilines is 1. The second-order valence-electron chi connectivity index (χ2n) is 7.71. The van der Waals surface area contributed by atoms with Gasteiger partial charge in [0.1, 0.15) is 11.9 Å². The SMILES string of the molecule is O=C(Cc1cc(-c2cccc(NCC3CCOCC3)n2)c(Cl)cn1)C1CNCCO1. The average Bonchev–Trinajstić information content (AvgIpc) is 2.80. The van der Waals surface area contributed by atoms with Crippen LogP contribution in [-0.2, 0) is 20.7 Å². The number of ether oxygens (including phenoxy) is 2. The van der Waals surface area contributed by atoms with E-state index in [1.165, 1.54) is 0 Å². The predicted octanol–water partition coefficient (Wildman–Crippen LogP) is 2.74. The Morgan fingerprint density at radius 3 is 2.93 bits per heavy atom. The predicted molar refractivity (Wildman–Crippen MR) is 116 cm³/mol. The lowest BCUT2D eigenvalue weighted by atomic mass is 10.0. The van der Waals surface area contributed by atoms with Crippen LogP contribution < -0.4 is 10.6 Å². The maximum atomic E-state index is 12.5. The zero-order chi connectivity index (χ0) is 20.8. The number of morpholine rings is 1. The molecule has 4 rings (SSSR count). The first-order valence-corrected chi connectivity index (χ1v) is 10.9. The van der Waals surface area contributed by atoms with Crippen molar-refractivity contribution in [1.29, 1.82) is 0 Å². The lowest BCUT2D eigenvalue weighted by Gasteiger charge is -2.22. The fourth-order valence-corrected chi connectivity index (χ4v) is 3.92. The van der Waals surface area contributed by atoms with Crippen LogP contribution >= 0.6 is 11.6 Å². The van der Waals surface area contributed by atoms with Gasteiger partial charge in [-0.25, -0.2) is 4.98 Å². The lowest BCUT2D eigenvalue weighted by molar-refractivity contribution is -0.131. The monoisotopic (exact) mass is 430 g/mol. The Kier molecular flexibility index (Phi) is 7.28. The summed E-state index contributed by atoms with van der Waals surface area (Å²) < 4.78 is 11.0. The first-order valence-electron chi connectivity index (χ1n) is 10.5. The van der Waals surface area contributed by atoms with E-state index in [0.29, 0.717) is 29.8 Å². The van der Waals surface area contributed by atoms with Gasteiger partial charge < -0.3 is 20.1 Å². The van der Waals surface area contributed by atoms with Crippen LogP contribution in [0.25, 0.3) is 11.3 Å². The number of ketones is 1. The Balaban J connectivity index is 1.45. The van der Waals surface area contributed by atoms with Crippen LogP contribution in [0.1, 0.15) is 18.5 Å². The summed E-state index contributed by atoms with van der Waals surface area (Å²) in [5.74, 6) is 1.43. The highest BCUT2D eigenvalue weighted by Crippen LogP contribution is 2.28. The van der Waals surface area contributed by atoms with E-state index in [4.69, 9.17) is 26.1 Å². The summed E-state index contributed by atoms with van der Waals surface area (Å²) in [6.07, 6.45) is 3.51. The Labute approximate surface area is 181 Å². The fourth-order valence-electron chi connectivity index (χ4n) is 3.72. The van der Waals surface area contributed by atoms with E-state index in [1.807, 2.05) is 24.3 Å². The topological polar surface area (TPSA) is 85.4 Å². The lowest BCUT2D eigenvalue weighted by Crippen LogP contribution is -2.43. The van der Waals surface area contributed by atoms with Gasteiger partial charge in [0.25, 0.3) is 0 Å². The molecule has 2 saturated heterocycles. The van der Waals surface area contributed by atoms with Gasteiger partial charge in [-0.1, -0.05) is 17.7 Å². The van der Waals surface area contributed by atoms with Crippen LogP contribution in [0.5, 0.6) is 0 Å². The van der Waals surface area contributed by atoms with Crippen molar-refractivity contribution in [2.45, 2.75) is 25.4 Å². The van der Waals surface area contributed by atoms with E-state index in [2.05, 4.69) is 15.6 Å². The van der Waals surface area contributed by atoms with Crippen LogP contribution in [0.2, 0.25) is 5.02 Å². The van der Waals surface area contributed by atoms with Gasteiger partial charge in [-0.2, -0.15) is 0 Å². The number of aromatic nitrogens is 2. The molecule has 2 aromatic heterocycles. The normalized spacial score (nSPS) is 20.1. The number of carbonyl (C=O) groups excluding carboxylic acids is 1. The van der Waals surface area contributed by atoms with Crippen LogP contribution in [0, 0.1) is 5.92 Å². The Bertz CT molecular complexity index is 867. The smallest absolute Gasteiger partial charge is 0.168 e. The number of rotatable bonds is 7. The van der Waals surface area contributed by atoms with Crippen LogP contribution in [-0.4, -0.2) is 61.3 Å². The number of pyridine rings is 2. The summed E-state index contributed by atoms with van der Waals surface area (Å²) in [5, 5.41) is 7.12. The van der Waals surface area contributed by atoms with Gasteiger partial charge in [-0.15, -0.1) is 0 Å². The maximum Gasteiger partial charge on any atom is 0.168 e. The fraction of sp³-hybridized carbons (Fsp3) is 0.500. The van der Waals surface area contributed by atoms with E-state index in [9.17, 15) is 4.79 Å². The number of nitrogens with one attached hydrogen (secondary N) is 2. The highest BCUT2D eigenvalue weighted by Gasteiger charge is 2.22. The van der Waals surface area contributed by atoms with Gasteiger partial charge >= 0.3 is 0 Å². The standard InChI is InChI=1S/C22H27ClN4O3/c23-18-13-25-16(11-20(28)21-14-24-6-9-30-21)10-17(18)19-2-1-3-22(27-19)26-12-15-4-7-29-8-5-15/h1-3,10,13,15,21,24H,4-9,11-12,14H2,(H,26,27). The second-order valence-corrected chi connectivity index (χ2v) is 8.11. The van der Waals surface area contributed by atoms with Gasteiger partial charge in [0.15, 0.2) is 5.78 Å². The minimum Gasteiger partial charge on any atom is -0.381 e. The van der Waals surface area contributed by atoms with Gasteiger partial charge in [-0.05, 0) is 37.0 Å². The summed E-state index contributed by atoms with van der Waals surface area (Å²) in [6, 6.07) is 7.68. The van der Waals surface area contributed by atoms with Crippen LogP contribution in [0.3, 0.4) is 0 Å². The number of Topliss-reactive ketones (excluding diaryl/α,β-unsaturated/α-hetero) is 1. The average molecular weight is 431 g/mol. The van der Waals surface area contributed by atoms with E-state index in [-0.39, 0.29) is 12.2 Å². The molecule has 0 bridgehead atoms. The quantitative estimate of drug-likeness (QED) is 0.698. The first kappa shape index (κ1) is 21.2. The summed E-state index contributed by atoms with van der Waals surface area (Å²) in [5.41, 5.74) is 2.19. The van der Waals surface area contributed by atoms with Crippen molar-refractivity contribution in [2.75, 3.05) is 44.8 Å². The van der Waals surface area contributed by atoms with E-state index >= 15 is 0 Å². The van der Waals surface area contributed by atoms with Crippen molar-refractivity contribution < 1.29 is 14.3 Å². The van der Waals surface area contributed by atoms with Crippen molar-refractivity contribution in [2.24, 2.45) is 5.92 Å². The summed E-state index contributed by atoms with van der Waals surface area (Å²) in [4.78, 5) is 21.6. The summed E-state index contributed by atoms with van der Waals surface area (Å²) in [6.45, 7) is 4.40. The molecule has 2 aliphatic heterocycles. The van der Waals surface area contributed by atoms with E-state index < -0.39 is 6.10 Å². The molecule has 0 spiro atoms. The molecule has 7 nitrogen and oxygen atoms in total. The molecule has 8 heteroatoms. The molecule has 0 aliphatic carbocycles. The van der Waals surface area contributed by atoms with Crippen molar-refractivity contribution in [1.82, 2.24) is 15.3 Å². The van der Waals surface area contributed by atoms with Crippen molar-refractivity contribution >= 4 is 23.2 Å². The maximum absolute atomic E-state index is 12.5. The van der Waals surface area contributed by atoms with Crippen molar-refractivity contribution in [3.8, 4) is 11.3 Å². The van der Waals surface area contributed by atoms with Crippen molar-refractivity contribution in [3.05, 3.63) is 41.2 Å². The van der Waals surface area contributed by atoms with Gasteiger partial charge in [-0.3, -0.25) is 9.78 Å². The third-order valence-electron chi connectivity index (χ3n) is 5.49. The molecule has 1 unspecified atom stereocenters. The summed E-state index contributed by atoms with van der Waals surface area (Å²) >= 11 is 6.41. The van der Waals surface area contributed by atoms with E-state index in [1.54, 1.807) is 6.20 Å². The highest BCUT2D eigenvalue weighted by molar-refractivity contribution is 6.33.